The van der Waals surface area contributed by atoms with Crippen LogP contribution >= 0.6 is 0 Å². The van der Waals surface area contributed by atoms with Crippen molar-refractivity contribution >= 4 is 32.8 Å². The Labute approximate surface area is 120 Å². The molecule has 3 rings (SSSR count). The van der Waals surface area contributed by atoms with Crippen molar-refractivity contribution in [2.75, 3.05) is 0 Å². The van der Waals surface area contributed by atoms with E-state index >= 15 is 0 Å². The molecule has 6 nitrogen and oxygen atoms in total. The maximum atomic E-state index is 11.8. The zero-order chi connectivity index (χ0) is 15.4. The maximum absolute atomic E-state index is 11.8. The van der Waals surface area contributed by atoms with E-state index in [9.17, 15) is 22.6 Å². The highest BCUT2D eigenvalue weighted by molar-refractivity contribution is 7.86. The van der Waals surface area contributed by atoms with Crippen LogP contribution in [0.25, 0.3) is 10.8 Å². The summed E-state index contributed by atoms with van der Waals surface area (Å²) in [5, 5.41) is 0.408. The summed E-state index contributed by atoms with van der Waals surface area (Å²) in [5.41, 5.74) is 0.843. The van der Waals surface area contributed by atoms with Crippen LogP contribution in [-0.2, 0) is 21.3 Å². The van der Waals surface area contributed by atoms with Crippen LogP contribution in [0.4, 0.5) is 0 Å². The highest BCUT2D eigenvalue weighted by Gasteiger charge is 2.30. The van der Waals surface area contributed by atoms with Crippen LogP contribution in [0.15, 0.2) is 29.2 Å². The molecule has 7 heteroatoms. The third-order valence-electron chi connectivity index (χ3n) is 3.49. The number of hydrogen-bond donors (Lipinski definition) is 1. The quantitative estimate of drug-likeness (QED) is 0.517. The summed E-state index contributed by atoms with van der Waals surface area (Å²) in [6.07, 6.45) is 0.478. The van der Waals surface area contributed by atoms with Gasteiger partial charge < -0.3 is 4.74 Å². The van der Waals surface area contributed by atoms with Gasteiger partial charge in [-0.15, -0.1) is 0 Å². The summed E-state index contributed by atoms with van der Waals surface area (Å²) < 4.78 is 37.1. The smallest absolute Gasteiger partial charge is 0.346 e. The monoisotopic (exact) mass is 306 g/mol. The fourth-order valence-electron chi connectivity index (χ4n) is 2.58. The number of carbonyl (C=O) groups is 2. The van der Waals surface area contributed by atoms with Crippen LogP contribution < -0.4 is 0 Å². The van der Waals surface area contributed by atoms with Crippen molar-refractivity contribution in [2.24, 2.45) is 0 Å². The Morgan fingerprint density at radius 1 is 1.00 bits per heavy atom. The molecule has 1 aliphatic heterocycles. The van der Waals surface area contributed by atoms with Gasteiger partial charge in [0.05, 0.1) is 11.1 Å². The zero-order valence-corrected chi connectivity index (χ0v) is 11.7. The molecule has 0 atom stereocenters. The Bertz CT molecular complexity index is 890. The van der Waals surface area contributed by atoms with Crippen molar-refractivity contribution in [3.63, 3.8) is 0 Å². The number of aryl methyl sites for hydroxylation is 1. The molecular formula is C14H10O6S. The second kappa shape index (κ2) is 4.37. The fraction of sp³-hybridized carbons (Fsp3) is 0.143. The second-order valence-electron chi connectivity index (χ2n) is 4.64. The number of benzene rings is 2. The van der Waals surface area contributed by atoms with E-state index in [1.54, 1.807) is 13.0 Å². The highest BCUT2D eigenvalue weighted by atomic mass is 32.2. The summed E-state index contributed by atoms with van der Waals surface area (Å²) in [7, 11) is -4.48. The van der Waals surface area contributed by atoms with Gasteiger partial charge in [-0.05, 0) is 30.2 Å². The van der Waals surface area contributed by atoms with Gasteiger partial charge in [0.15, 0.2) is 0 Å². The Morgan fingerprint density at radius 2 is 1.57 bits per heavy atom. The van der Waals surface area contributed by atoms with Crippen molar-refractivity contribution in [3.05, 3.63) is 41.0 Å². The lowest BCUT2D eigenvalue weighted by Crippen LogP contribution is -2.20. The number of carbonyl (C=O) groups excluding carboxylic acids is 2. The van der Waals surface area contributed by atoms with Gasteiger partial charge in [0.25, 0.3) is 10.1 Å². The van der Waals surface area contributed by atoms with Crippen molar-refractivity contribution in [1.29, 1.82) is 0 Å². The molecule has 0 aromatic heterocycles. The average molecular weight is 306 g/mol. The highest BCUT2D eigenvalue weighted by Crippen LogP contribution is 2.35. The minimum Gasteiger partial charge on any atom is -0.386 e. The molecule has 1 N–H and O–H groups in total. The van der Waals surface area contributed by atoms with Gasteiger partial charge >= 0.3 is 11.9 Å². The molecule has 0 radical (unpaired) electrons. The van der Waals surface area contributed by atoms with E-state index in [0.29, 0.717) is 12.0 Å². The van der Waals surface area contributed by atoms with Gasteiger partial charge in [-0.1, -0.05) is 13.0 Å². The number of cyclic esters (lactones) is 2. The summed E-state index contributed by atoms with van der Waals surface area (Å²) in [5.74, 6) is -1.65. The molecular weight excluding hydrogens is 296 g/mol. The Hall–Kier alpha value is -2.25. The van der Waals surface area contributed by atoms with Gasteiger partial charge in [-0.3, -0.25) is 4.55 Å². The predicted molar refractivity (Wildman–Crippen MR) is 72.9 cm³/mol. The Kier molecular flexibility index (Phi) is 2.86. The lowest BCUT2D eigenvalue weighted by atomic mass is 9.93. The molecule has 1 aliphatic rings. The normalized spacial score (nSPS) is 14.4. The van der Waals surface area contributed by atoms with Crippen LogP contribution in [0, 0.1) is 0 Å². The first kappa shape index (κ1) is 13.7. The van der Waals surface area contributed by atoms with E-state index in [2.05, 4.69) is 4.74 Å². The van der Waals surface area contributed by atoms with Crippen LogP contribution in [-0.4, -0.2) is 24.9 Å². The van der Waals surface area contributed by atoms with Crippen molar-refractivity contribution in [3.8, 4) is 0 Å². The lowest BCUT2D eigenvalue weighted by molar-refractivity contribution is 0.0391. The van der Waals surface area contributed by atoms with Gasteiger partial charge in [0.1, 0.15) is 4.90 Å². The molecule has 0 amide bonds. The van der Waals surface area contributed by atoms with Crippen molar-refractivity contribution in [2.45, 2.75) is 18.2 Å². The number of rotatable bonds is 2. The van der Waals surface area contributed by atoms with Gasteiger partial charge in [0, 0.05) is 10.8 Å². The SMILES string of the molecule is CCc1ccc2c3c(ccc(S(=O)(=O)O)c13)C(=O)OC2=O. The lowest BCUT2D eigenvalue weighted by Gasteiger charge is -2.18. The molecule has 1 heterocycles. The summed E-state index contributed by atoms with van der Waals surface area (Å²) in [6, 6.07) is 5.47. The summed E-state index contributed by atoms with van der Waals surface area (Å²) >= 11 is 0. The maximum Gasteiger partial charge on any atom is 0.346 e. The van der Waals surface area contributed by atoms with Gasteiger partial charge in [-0.25, -0.2) is 9.59 Å². The molecule has 0 saturated carbocycles. The minimum atomic E-state index is -4.48. The van der Waals surface area contributed by atoms with E-state index < -0.39 is 22.1 Å². The first-order valence-corrected chi connectivity index (χ1v) is 7.61. The second-order valence-corrected chi connectivity index (χ2v) is 6.03. The molecule has 2 aromatic rings. The molecule has 108 valence electrons. The van der Waals surface area contributed by atoms with E-state index in [0.717, 1.165) is 6.07 Å². The molecule has 0 unspecified atom stereocenters. The van der Waals surface area contributed by atoms with Crippen molar-refractivity contribution < 1.29 is 27.3 Å². The van der Waals surface area contributed by atoms with Crippen molar-refractivity contribution in [1.82, 2.24) is 0 Å². The first-order chi connectivity index (χ1) is 9.84. The average Bonchev–Trinajstić information content (AvgIpc) is 2.42. The third-order valence-corrected chi connectivity index (χ3v) is 4.39. The van der Waals surface area contributed by atoms with Crippen LogP contribution in [0.1, 0.15) is 33.2 Å². The number of ether oxygens (including phenoxy) is 1. The van der Waals surface area contributed by atoms with Gasteiger partial charge in [0.2, 0.25) is 0 Å². The van der Waals surface area contributed by atoms with E-state index in [-0.39, 0.29) is 26.8 Å². The van der Waals surface area contributed by atoms with E-state index in [1.807, 2.05) is 0 Å². The third kappa shape index (κ3) is 1.93. The topological polar surface area (TPSA) is 97.7 Å². The molecule has 0 spiro atoms. The molecule has 0 aliphatic carbocycles. The number of esters is 2. The summed E-state index contributed by atoms with van der Waals surface area (Å²) in [6.45, 7) is 1.81. The Balaban J connectivity index is 2.61. The van der Waals surface area contributed by atoms with Crippen LogP contribution in [0.2, 0.25) is 0 Å². The molecule has 21 heavy (non-hydrogen) atoms. The standard InChI is InChI=1S/C14H10O6S/c1-2-7-3-4-8-12-9(14(16)20-13(8)15)5-6-10(11(7)12)21(17,18)19/h3-6H,2H2,1H3,(H,17,18,19). The first-order valence-electron chi connectivity index (χ1n) is 6.17. The molecule has 2 aromatic carbocycles. The van der Waals surface area contributed by atoms with Crippen LogP contribution in [0.5, 0.6) is 0 Å². The Morgan fingerprint density at radius 3 is 2.10 bits per heavy atom. The fourth-order valence-corrected chi connectivity index (χ4v) is 3.31. The molecule has 0 fully saturated rings. The molecule has 0 saturated heterocycles. The summed E-state index contributed by atoms with van der Waals surface area (Å²) in [4.78, 5) is 23.3. The van der Waals surface area contributed by atoms with Gasteiger partial charge in [-0.2, -0.15) is 8.42 Å². The van der Waals surface area contributed by atoms with E-state index in [4.69, 9.17) is 0 Å². The largest absolute Gasteiger partial charge is 0.386 e. The number of hydrogen-bond acceptors (Lipinski definition) is 5. The minimum absolute atomic E-state index is 0.113. The van der Waals surface area contributed by atoms with Crippen LogP contribution in [0.3, 0.4) is 0 Å². The van der Waals surface area contributed by atoms with E-state index in [1.165, 1.54) is 12.1 Å². The predicted octanol–water partition coefficient (Wildman–Crippen LogP) is 1.96. The molecule has 0 bridgehead atoms. The zero-order valence-electron chi connectivity index (χ0n) is 10.9.